The van der Waals surface area contributed by atoms with Crippen molar-refractivity contribution in [2.24, 2.45) is 5.92 Å². The second kappa shape index (κ2) is 16.8. The van der Waals surface area contributed by atoms with Gasteiger partial charge in [-0.2, -0.15) is 5.10 Å². The van der Waals surface area contributed by atoms with Gasteiger partial charge in [0.15, 0.2) is 0 Å². The van der Waals surface area contributed by atoms with E-state index in [1.165, 1.54) is 25.0 Å². The first-order valence-corrected chi connectivity index (χ1v) is 20.5. The van der Waals surface area contributed by atoms with Crippen molar-refractivity contribution in [1.82, 2.24) is 40.3 Å². The van der Waals surface area contributed by atoms with Crippen LogP contribution in [0, 0.1) is 12.8 Å². The van der Waals surface area contributed by atoms with Crippen LogP contribution >= 0.6 is 0 Å². The minimum Gasteiger partial charge on any atom is -0.357 e. The minimum atomic E-state index is -0.729. The van der Waals surface area contributed by atoms with Gasteiger partial charge in [-0.25, -0.2) is 9.97 Å². The number of hydrogen-bond donors (Lipinski definition) is 4. The molecule has 4 N–H and O–H groups in total. The van der Waals surface area contributed by atoms with Crippen molar-refractivity contribution in [3.8, 4) is 0 Å². The maximum atomic E-state index is 13.4. The first-order valence-electron chi connectivity index (χ1n) is 20.5. The number of rotatable bonds is 13. The second-order valence-electron chi connectivity index (χ2n) is 16.0. The molecule has 5 aromatic rings. The maximum Gasteiger partial charge on any atom is 0.270 e. The number of carbonyl (C=O) groups excluding carboxylic acids is 4. The summed E-state index contributed by atoms with van der Waals surface area (Å²) in [4.78, 5) is 67.1. The van der Waals surface area contributed by atoms with Crippen LogP contribution in [-0.2, 0) is 16.1 Å². The van der Waals surface area contributed by atoms with E-state index < -0.39 is 17.9 Å². The molecule has 0 saturated carbocycles. The molecule has 0 bridgehead atoms. The molecular formula is C43H52N10O4. The average Bonchev–Trinajstić information content (AvgIpc) is 3.93. The van der Waals surface area contributed by atoms with Crippen LogP contribution in [0.1, 0.15) is 109 Å². The molecule has 298 valence electrons. The summed E-state index contributed by atoms with van der Waals surface area (Å²) in [6, 6.07) is 14.9. The number of amides is 4. The van der Waals surface area contributed by atoms with Crippen molar-refractivity contribution in [2.75, 3.05) is 36.9 Å². The molecule has 57 heavy (non-hydrogen) atoms. The number of pyridine rings is 2. The molecule has 0 unspecified atom stereocenters. The number of nitrogens with zero attached hydrogens (tertiary/aromatic N) is 6. The quantitative estimate of drug-likeness (QED) is 0.0824. The van der Waals surface area contributed by atoms with E-state index in [1.54, 1.807) is 6.07 Å². The Labute approximate surface area is 332 Å². The van der Waals surface area contributed by atoms with Crippen LogP contribution in [0.25, 0.3) is 21.8 Å². The lowest BCUT2D eigenvalue weighted by molar-refractivity contribution is -0.134. The van der Waals surface area contributed by atoms with Gasteiger partial charge in [-0.05, 0) is 95.3 Å². The van der Waals surface area contributed by atoms with Gasteiger partial charge in [-0.1, -0.05) is 37.8 Å². The summed E-state index contributed by atoms with van der Waals surface area (Å²) < 4.78 is 2.05. The summed E-state index contributed by atoms with van der Waals surface area (Å²) >= 11 is 0. The number of anilines is 2. The molecule has 0 aliphatic carbocycles. The van der Waals surface area contributed by atoms with Crippen LogP contribution in [0.4, 0.5) is 11.6 Å². The third kappa shape index (κ3) is 8.70. The Morgan fingerprint density at radius 3 is 2.58 bits per heavy atom. The van der Waals surface area contributed by atoms with Gasteiger partial charge < -0.3 is 20.5 Å². The molecule has 14 nitrogen and oxygen atoms in total. The predicted octanol–water partition coefficient (Wildman–Crippen LogP) is 6.04. The Morgan fingerprint density at radius 1 is 0.930 bits per heavy atom. The summed E-state index contributed by atoms with van der Waals surface area (Å²) in [6.45, 7) is 5.70. The normalized spacial score (nSPS) is 19.4. The van der Waals surface area contributed by atoms with Crippen LogP contribution in [0.3, 0.4) is 0 Å². The fraction of sp³-hybridized carbons (Fsp3) is 0.465. The topological polar surface area (TPSA) is 170 Å². The highest BCUT2D eigenvalue weighted by molar-refractivity contribution is 6.06. The summed E-state index contributed by atoms with van der Waals surface area (Å²) in [7, 11) is 2.16. The van der Waals surface area contributed by atoms with Gasteiger partial charge in [-0.3, -0.25) is 34.1 Å². The number of aryl methyl sites for hydroxylation is 2. The number of carbonyl (C=O) groups is 4. The van der Waals surface area contributed by atoms with E-state index >= 15 is 0 Å². The summed E-state index contributed by atoms with van der Waals surface area (Å²) in [5.74, 6) is 0.563. The number of H-pyrrole nitrogens is 1. The lowest BCUT2D eigenvalue weighted by Gasteiger charge is -2.33. The summed E-state index contributed by atoms with van der Waals surface area (Å²) in [5, 5.41) is 14.9. The van der Waals surface area contributed by atoms with Crippen LogP contribution < -0.4 is 20.9 Å². The molecule has 3 saturated heterocycles. The number of benzene rings is 1. The molecule has 3 aliphatic heterocycles. The van der Waals surface area contributed by atoms with Gasteiger partial charge in [0.05, 0.1) is 16.7 Å². The molecule has 14 heteroatoms. The predicted molar refractivity (Wildman–Crippen MR) is 219 cm³/mol. The molecule has 0 spiro atoms. The van der Waals surface area contributed by atoms with Gasteiger partial charge in [0, 0.05) is 66.4 Å². The minimum absolute atomic E-state index is 0.193. The van der Waals surface area contributed by atoms with Crippen LogP contribution in [-0.4, -0.2) is 86.0 Å². The molecule has 4 aromatic heterocycles. The smallest absolute Gasteiger partial charge is 0.270 e. The van der Waals surface area contributed by atoms with Crippen molar-refractivity contribution >= 4 is 57.1 Å². The number of likely N-dealkylation sites (tertiary alicyclic amines) is 1. The van der Waals surface area contributed by atoms with Crippen molar-refractivity contribution in [1.29, 1.82) is 0 Å². The van der Waals surface area contributed by atoms with Gasteiger partial charge in [0.25, 0.3) is 11.8 Å². The van der Waals surface area contributed by atoms with Gasteiger partial charge >= 0.3 is 0 Å². The van der Waals surface area contributed by atoms with E-state index in [-0.39, 0.29) is 23.9 Å². The van der Waals surface area contributed by atoms with E-state index in [1.807, 2.05) is 54.2 Å². The average molecular weight is 773 g/mol. The standard InChI is InChI=1S/C43H52N10O4/c1-27-31-14-13-29(41(55)48-38-25-34-30(26-44-38)23-35(45-34)36-11-8-19-51(36)2)24-37(31)53(50-27)20-6-4-3-5-9-28-17-21-52(22-18-28)39-12-7-10-32(46-39)42(56)47-33-15-16-40(54)49-43(33)57/h7,10,12-14,23-26,28,33,36,45H,3-6,8-9,11,15-22H2,1-2H3,(H,47,56)(H,44,48,55)(H,49,54,57)/t33-,36+/m0/s1. The fourth-order valence-corrected chi connectivity index (χ4v) is 8.73. The van der Waals surface area contributed by atoms with Crippen molar-refractivity contribution in [3.05, 3.63) is 77.4 Å². The Balaban J connectivity index is 0.775. The molecule has 4 amide bonds. The first-order chi connectivity index (χ1) is 27.7. The maximum absolute atomic E-state index is 13.4. The third-order valence-electron chi connectivity index (χ3n) is 12.0. The van der Waals surface area contributed by atoms with E-state index in [9.17, 15) is 19.2 Å². The number of nitrogens with one attached hydrogen (secondary N) is 4. The largest absolute Gasteiger partial charge is 0.357 e. The molecule has 1 aromatic carbocycles. The Kier molecular flexibility index (Phi) is 11.3. The highest BCUT2D eigenvalue weighted by Crippen LogP contribution is 2.32. The number of unbranched alkanes of at least 4 members (excludes halogenated alkanes) is 3. The van der Waals surface area contributed by atoms with E-state index in [0.717, 1.165) is 98.0 Å². The molecule has 3 fully saturated rings. The number of piperidine rings is 2. The molecule has 0 radical (unpaired) electrons. The van der Waals surface area contributed by atoms with Gasteiger partial charge in [0.2, 0.25) is 11.8 Å². The highest BCUT2D eigenvalue weighted by atomic mass is 16.2. The van der Waals surface area contributed by atoms with E-state index in [0.29, 0.717) is 29.8 Å². The zero-order chi connectivity index (χ0) is 39.5. The number of imide groups is 1. The Bertz CT molecular complexity index is 2290. The van der Waals surface area contributed by atoms with Crippen LogP contribution in [0.5, 0.6) is 0 Å². The Hall–Kier alpha value is -5.63. The van der Waals surface area contributed by atoms with Crippen LogP contribution in [0.2, 0.25) is 0 Å². The third-order valence-corrected chi connectivity index (χ3v) is 12.0. The molecule has 3 aliphatic rings. The monoisotopic (exact) mass is 772 g/mol. The number of fused-ring (bicyclic) bond motifs is 2. The van der Waals surface area contributed by atoms with Gasteiger partial charge in [0.1, 0.15) is 23.4 Å². The van der Waals surface area contributed by atoms with E-state index in [2.05, 4.69) is 53.8 Å². The second-order valence-corrected chi connectivity index (χ2v) is 16.0. The molecule has 7 heterocycles. The summed E-state index contributed by atoms with van der Waals surface area (Å²) in [6.07, 6.45) is 12.5. The molecular weight excluding hydrogens is 721 g/mol. The SMILES string of the molecule is Cc1nn(CCCCCCC2CCN(c3cccc(C(=O)N[C@H]4CCC(=O)NC4=O)n3)CC2)c2cc(C(=O)Nc3cc4[nH]c([C@H]5CCCN5C)cc4cn3)ccc12. The lowest BCUT2D eigenvalue weighted by Crippen LogP contribution is -2.52. The van der Waals surface area contributed by atoms with Crippen molar-refractivity contribution in [2.45, 2.75) is 96.2 Å². The van der Waals surface area contributed by atoms with Gasteiger partial charge in [-0.15, -0.1) is 0 Å². The fourth-order valence-electron chi connectivity index (χ4n) is 8.73. The lowest BCUT2D eigenvalue weighted by atomic mass is 9.91. The first kappa shape index (κ1) is 38.3. The molecule has 8 rings (SSSR count). The zero-order valence-corrected chi connectivity index (χ0v) is 32.9. The molecule has 2 atom stereocenters. The zero-order valence-electron chi connectivity index (χ0n) is 32.9. The van der Waals surface area contributed by atoms with E-state index in [4.69, 9.17) is 5.10 Å². The van der Waals surface area contributed by atoms with Crippen molar-refractivity contribution < 1.29 is 19.2 Å². The van der Waals surface area contributed by atoms with Crippen molar-refractivity contribution in [3.63, 3.8) is 0 Å². The Morgan fingerprint density at radius 2 is 1.77 bits per heavy atom. The highest BCUT2D eigenvalue weighted by Gasteiger charge is 2.29. The van der Waals surface area contributed by atoms with Crippen LogP contribution in [0.15, 0.2) is 54.7 Å². The summed E-state index contributed by atoms with van der Waals surface area (Å²) in [5.41, 5.74) is 4.95. The number of aromatic amines is 1. The number of aromatic nitrogens is 5. The number of hydrogen-bond acceptors (Lipinski definition) is 9.